The summed E-state index contributed by atoms with van der Waals surface area (Å²) < 4.78 is 14.4. The molecule has 0 unspecified atom stereocenters. The molecule has 0 saturated heterocycles. The Morgan fingerprint density at radius 2 is 2.00 bits per heavy atom. The van der Waals surface area contributed by atoms with Gasteiger partial charge in [-0.25, -0.2) is 9.37 Å². The van der Waals surface area contributed by atoms with Gasteiger partial charge in [-0.3, -0.25) is 23.9 Å². The average molecular weight is 352 g/mol. The van der Waals surface area contributed by atoms with Crippen LogP contribution in [0.2, 0.25) is 0 Å². The molecule has 0 aliphatic carbocycles. The number of amides is 2. The summed E-state index contributed by atoms with van der Waals surface area (Å²) >= 11 is 0. The molecule has 4 rings (SSSR count). The van der Waals surface area contributed by atoms with Crippen LogP contribution in [0.1, 0.15) is 0 Å². The summed E-state index contributed by atoms with van der Waals surface area (Å²) in [4.78, 5) is 42.4. The molecule has 1 aromatic heterocycles. The summed E-state index contributed by atoms with van der Waals surface area (Å²) in [5, 5.41) is 2.92. The summed E-state index contributed by atoms with van der Waals surface area (Å²) in [6.45, 7) is -0.405. The van der Waals surface area contributed by atoms with Gasteiger partial charge in [-0.1, -0.05) is 12.1 Å². The molecule has 2 amide bonds. The maximum absolute atomic E-state index is 13.3. The Balaban J connectivity index is 1.68. The molecule has 0 radical (unpaired) electrons. The maximum atomic E-state index is 13.3. The SMILES string of the molecule is O=C1CN(C(=O)Cn2cnc3cc(F)ccc3c2=O)c2ccccc2N1. The summed E-state index contributed by atoms with van der Waals surface area (Å²) in [5.74, 6) is -1.22. The van der Waals surface area contributed by atoms with E-state index in [9.17, 15) is 18.8 Å². The predicted octanol–water partition coefficient (Wildman–Crippen LogP) is 1.52. The second kappa shape index (κ2) is 6.07. The van der Waals surface area contributed by atoms with Crippen molar-refractivity contribution < 1.29 is 14.0 Å². The Kier molecular flexibility index (Phi) is 3.72. The minimum absolute atomic E-state index is 0.128. The van der Waals surface area contributed by atoms with Gasteiger partial charge in [0.1, 0.15) is 18.9 Å². The van der Waals surface area contributed by atoms with Crippen molar-refractivity contribution in [2.75, 3.05) is 16.8 Å². The molecule has 7 nitrogen and oxygen atoms in total. The number of nitrogens with one attached hydrogen (secondary N) is 1. The van der Waals surface area contributed by atoms with Gasteiger partial charge in [0.05, 0.1) is 28.6 Å². The molecule has 1 aliphatic rings. The highest BCUT2D eigenvalue weighted by molar-refractivity contribution is 6.09. The van der Waals surface area contributed by atoms with Crippen molar-refractivity contribution in [3.8, 4) is 0 Å². The molecule has 0 bridgehead atoms. The zero-order chi connectivity index (χ0) is 18.3. The van der Waals surface area contributed by atoms with Crippen molar-refractivity contribution in [3.05, 3.63) is 65.0 Å². The monoisotopic (exact) mass is 352 g/mol. The van der Waals surface area contributed by atoms with E-state index in [0.717, 1.165) is 10.6 Å². The zero-order valence-electron chi connectivity index (χ0n) is 13.5. The average Bonchev–Trinajstić information content (AvgIpc) is 2.63. The summed E-state index contributed by atoms with van der Waals surface area (Å²) in [7, 11) is 0. The molecule has 26 heavy (non-hydrogen) atoms. The second-order valence-electron chi connectivity index (χ2n) is 5.88. The van der Waals surface area contributed by atoms with Gasteiger partial charge >= 0.3 is 0 Å². The van der Waals surface area contributed by atoms with Crippen LogP contribution in [0.25, 0.3) is 10.9 Å². The van der Waals surface area contributed by atoms with Crippen molar-refractivity contribution in [1.82, 2.24) is 9.55 Å². The Labute approximate surface area is 146 Å². The minimum Gasteiger partial charge on any atom is -0.323 e. The molecular formula is C18H13FN4O3. The minimum atomic E-state index is -0.492. The van der Waals surface area contributed by atoms with Crippen LogP contribution in [0.3, 0.4) is 0 Å². The molecule has 1 aliphatic heterocycles. The Hall–Kier alpha value is -3.55. The number of para-hydroxylation sites is 2. The van der Waals surface area contributed by atoms with Crippen molar-refractivity contribution in [1.29, 1.82) is 0 Å². The van der Waals surface area contributed by atoms with E-state index in [4.69, 9.17) is 0 Å². The van der Waals surface area contributed by atoms with Gasteiger partial charge in [0.25, 0.3) is 5.56 Å². The number of halogens is 1. The van der Waals surface area contributed by atoms with Crippen molar-refractivity contribution in [3.63, 3.8) is 0 Å². The molecule has 0 spiro atoms. The molecule has 0 atom stereocenters. The lowest BCUT2D eigenvalue weighted by molar-refractivity contribution is -0.122. The zero-order valence-corrected chi connectivity index (χ0v) is 13.5. The third-order valence-corrected chi connectivity index (χ3v) is 4.16. The highest BCUT2D eigenvalue weighted by Gasteiger charge is 2.26. The van der Waals surface area contributed by atoms with E-state index in [0.29, 0.717) is 11.4 Å². The molecule has 1 N–H and O–H groups in total. The summed E-state index contributed by atoms with van der Waals surface area (Å²) in [6, 6.07) is 10.6. The van der Waals surface area contributed by atoms with Gasteiger partial charge in [-0.2, -0.15) is 0 Å². The van der Waals surface area contributed by atoms with Gasteiger partial charge < -0.3 is 5.32 Å². The van der Waals surface area contributed by atoms with Crippen LogP contribution in [0.4, 0.5) is 15.8 Å². The first kappa shape index (κ1) is 15.9. The van der Waals surface area contributed by atoms with Gasteiger partial charge in [-0.15, -0.1) is 0 Å². The molecule has 0 fully saturated rings. The molecule has 0 saturated carbocycles. The van der Waals surface area contributed by atoms with E-state index < -0.39 is 17.3 Å². The fourth-order valence-corrected chi connectivity index (χ4v) is 2.93. The number of hydrogen-bond donors (Lipinski definition) is 1. The molecule has 130 valence electrons. The van der Waals surface area contributed by atoms with Gasteiger partial charge in [-0.05, 0) is 24.3 Å². The van der Waals surface area contributed by atoms with E-state index in [-0.39, 0.29) is 29.9 Å². The molecule has 8 heteroatoms. The standard InChI is InChI=1S/C18H13FN4O3/c19-11-5-6-12-14(7-11)20-10-22(18(12)26)9-17(25)23-8-16(24)21-13-3-1-2-4-15(13)23/h1-7,10H,8-9H2,(H,21,24). The van der Waals surface area contributed by atoms with E-state index in [2.05, 4.69) is 10.3 Å². The molecule has 2 aromatic carbocycles. The smallest absolute Gasteiger partial charge is 0.261 e. The fraction of sp³-hybridized carbons (Fsp3) is 0.111. The first-order chi connectivity index (χ1) is 12.5. The topological polar surface area (TPSA) is 84.3 Å². The number of anilines is 2. The number of carbonyl (C=O) groups is 2. The Morgan fingerprint density at radius 3 is 2.85 bits per heavy atom. The lowest BCUT2D eigenvalue weighted by Gasteiger charge is -2.29. The largest absolute Gasteiger partial charge is 0.323 e. The number of fused-ring (bicyclic) bond motifs is 2. The number of nitrogens with zero attached hydrogens (tertiary/aromatic N) is 3. The van der Waals surface area contributed by atoms with Crippen LogP contribution < -0.4 is 15.8 Å². The molecule has 3 aromatic rings. The summed E-state index contributed by atoms with van der Waals surface area (Å²) in [5.41, 5.74) is 0.886. The molecular weight excluding hydrogens is 339 g/mol. The summed E-state index contributed by atoms with van der Waals surface area (Å²) in [6.07, 6.45) is 1.21. The van der Waals surface area contributed by atoms with E-state index in [1.54, 1.807) is 24.3 Å². The number of benzene rings is 2. The Bertz CT molecular complexity index is 1110. The first-order valence-corrected chi connectivity index (χ1v) is 7.87. The van der Waals surface area contributed by atoms with Crippen LogP contribution >= 0.6 is 0 Å². The predicted molar refractivity (Wildman–Crippen MR) is 93.4 cm³/mol. The van der Waals surface area contributed by atoms with Crippen LogP contribution in [0.5, 0.6) is 0 Å². The number of rotatable bonds is 2. The van der Waals surface area contributed by atoms with Crippen molar-refractivity contribution in [2.24, 2.45) is 0 Å². The highest BCUT2D eigenvalue weighted by Crippen LogP contribution is 2.28. The van der Waals surface area contributed by atoms with Crippen LogP contribution in [0, 0.1) is 5.82 Å². The van der Waals surface area contributed by atoms with Gasteiger partial charge in [0.2, 0.25) is 11.8 Å². The third kappa shape index (κ3) is 2.71. The lowest BCUT2D eigenvalue weighted by atomic mass is 10.2. The molecule has 2 heterocycles. The van der Waals surface area contributed by atoms with E-state index in [1.807, 2.05) is 0 Å². The maximum Gasteiger partial charge on any atom is 0.261 e. The van der Waals surface area contributed by atoms with Crippen LogP contribution in [-0.2, 0) is 16.1 Å². The van der Waals surface area contributed by atoms with Gasteiger partial charge in [0.15, 0.2) is 0 Å². The first-order valence-electron chi connectivity index (χ1n) is 7.87. The number of carbonyl (C=O) groups excluding carboxylic acids is 2. The van der Waals surface area contributed by atoms with Crippen molar-refractivity contribution in [2.45, 2.75) is 6.54 Å². The Morgan fingerprint density at radius 1 is 1.19 bits per heavy atom. The lowest BCUT2D eigenvalue weighted by Crippen LogP contribution is -2.44. The quantitative estimate of drug-likeness (QED) is 0.758. The van der Waals surface area contributed by atoms with E-state index >= 15 is 0 Å². The normalized spacial score (nSPS) is 13.4. The van der Waals surface area contributed by atoms with Crippen LogP contribution in [0.15, 0.2) is 53.6 Å². The van der Waals surface area contributed by atoms with E-state index in [1.165, 1.54) is 23.4 Å². The fourth-order valence-electron chi connectivity index (χ4n) is 2.93. The second-order valence-corrected chi connectivity index (χ2v) is 5.88. The van der Waals surface area contributed by atoms with Crippen LogP contribution in [-0.4, -0.2) is 27.9 Å². The highest BCUT2D eigenvalue weighted by atomic mass is 19.1. The third-order valence-electron chi connectivity index (χ3n) is 4.16. The number of aromatic nitrogens is 2. The van der Waals surface area contributed by atoms with Gasteiger partial charge in [0, 0.05) is 6.07 Å². The number of hydrogen-bond acceptors (Lipinski definition) is 4. The van der Waals surface area contributed by atoms with Crippen molar-refractivity contribution >= 4 is 34.1 Å².